The maximum atomic E-state index is 9.13. The lowest BCUT2D eigenvalue weighted by molar-refractivity contribution is 0.282. The van der Waals surface area contributed by atoms with E-state index in [1.54, 1.807) is 0 Å². The molecule has 1 fully saturated rings. The van der Waals surface area contributed by atoms with E-state index in [-0.39, 0.29) is 6.61 Å². The average molecular weight is 339 g/mol. The Hall–Kier alpha value is -1.82. The number of hydrogen-bond donors (Lipinski definition) is 1. The highest BCUT2D eigenvalue weighted by atomic mass is 32.1. The Kier molecular flexibility index (Phi) is 4.56. The number of rotatable bonds is 5. The molecule has 1 aliphatic heterocycles. The molecular weight excluding hydrogens is 318 g/mol. The van der Waals surface area contributed by atoms with Crippen molar-refractivity contribution in [1.82, 2.24) is 13.6 Å². The van der Waals surface area contributed by atoms with Crippen LogP contribution in [0.15, 0.2) is 42.5 Å². The van der Waals surface area contributed by atoms with Crippen LogP contribution in [0.1, 0.15) is 23.1 Å². The maximum absolute atomic E-state index is 9.13. The number of aromatic nitrogens is 2. The van der Waals surface area contributed by atoms with Gasteiger partial charge in [0, 0.05) is 13.1 Å². The number of nitrogens with zero attached hydrogens (tertiary/aromatic N) is 3. The van der Waals surface area contributed by atoms with Crippen LogP contribution in [0.25, 0.3) is 11.0 Å². The molecule has 124 valence electrons. The molecule has 4 rings (SSSR count). The molecule has 0 aliphatic carbocycles. The van der Waals surface area contributed by atoms with Crippen LogP contribution in [0, 0.1) is 5.92 Å². The molecule has 0 spiro atoms. The molecule has 1 aliphatic rings. The summed E-state index contributed by atoms with van der Waals surface area (Å²) < 4.78 is 8.60. The Morgan fingerprint density at radius 3 is 2.58 bits per heavy atom. The number of likely N-dealkylation sites (tertiary alicyclic amines) is 1. The molecule has 0 amide bonds. The van der Waals surface area contributed by atoms with E-state index >= 15 is 0 Å². The minimum atomic E-state index is 0.121. The van der Waals surface area contributed by atoms with Crippen molar-refractivity contribution in [3.8, 4) is 0 Å². The summed E-state index contributed by atoms with van der Waals surface area (Å²) in [5.74, 6) is 0.717. The van der Waals surface area contributed by atoms with Crippen molar-refractivity contribution in [2.45, 2.75) is 26.0 Å². The normalized spacial score (nSPS) is 18.5. The lowest BCUT2D eigenvalue weighted by Gasteiger charge is -2.16. The monoisotopic (exact) mass is 339 g/mol. The van der Waals surface area contributed by atoms with E-state index in [1.165, 1.54) is 29.3 Å². The van der Waals surface area contributed by atoms with Crippen LogP contribution >= 0.6 is 11.7 Å². The molecule has 2 heterocycles. The molecule has 1 unspecified atom stereocenters. The van der Waals surface area contributed by atoms with Crippen LogP contribution in [-0.2, 0) is 19.6 Å². The van der Waals surface area contributed by atoms with Gasteiger partial charge < -0.3 is 5.11 Å². The van der Waals surface area contributed by atoms with Crippen molar-refractivity contribution < 1.29 is 5.11 Å². The number of aliphatic hydroxyl groups excluding tert-OH is 1. The van der Waals surface area contributed by atoms with E-state index < -0.39 is 0 Å². The molecule has 1 aromatic heterocycles. The van der Waals surface area contributed by atoms with Gasteiger partial charge in [-0.2, -0.15) is 8.75 Å². The van der Waals surface area contributed by atoms with Crippen molar-refractivity contribution >= 4 is 22.8 Å². The third kappa shape index (κ3) is 3.48. The van der Waals surface area contributed by atoms with Crippen molar-refractivity contribution in [2.24, 2.45) is 5.92 Å². The molecule has 0 bridgehead atoms. The van der Waals surface area contributed by atoms with Gasteiger partial charge in [0.05, 0.1) is 18.3 Å². The third-order valence-corrected chi connectivity index (χ3v) is 5.38. The van der Waals surface area contributed by atoms with Gasteiger partial charge in [0.15, 0.2) is 0 Å². The van der Waals surface area contributed by atoms with Crippen LogP contribution in [0.2, 0.25) is 0 Å². The summed E-state index contributed by atoms with van der Waals surface area (Å²) in [6.45, 7) is 3.42. The Morgan fingerprint density at radius 1 is 1.00 bits per heavy atom. The largest absolute Gasteiger partial charge is 0.392 e. The summed E-state index contributed by atoms with van der Waals surface area (Å²) in [5.41, 5.74) is 5.68. The first-order valence-electron chi connectivity index (χ1n) is 8.42. The van der Waals surface area contributed by atoms with Gasteiger partial charge >= 0.3 is 0 Å². The lowest BCUT2D eigenvalue weighted by atomic mass is 9.98. The van der Waals surface area contributed by atoms with E-state index in [9.17, 15) is 0 Å². The first-order chi connectivity index (χ1) is 11.8. The van der Waals surface area contributed by atoms with E-state index in [4.69, 9.17) is 5.11 Å². The van der Waals surface area contributed by atoms with Crippen LogP contribution in [0.4, 0.5) is 0 Å². The Bertz CT molecular complexity index is 815. The van der Waals surface area contributed by atoms with Gasteiger partial charge in [0.1, 0.15) is 11.0 Å². The Labute approximate surface area is 146 Å². The fourth-order valence-electron chi connectivity index (χ4n) is 3.52. The lowest BCUT2D eigenvalue weighted by Crippen LogP contribution is -2.20. The molecule has 2 aromatic carbocycles. The van der Waals surface area contributed by atoms with Gasteiger partial charge in [-0.05, 0) is 54.1 Å². The SMILES string of the molecule is OCc1ccc(CC2CCN(Cc3ccc4nsnc4c3)C2)cc1. The molecule has 4 nitrogen and oxygen atoms in total. The highest BCUT2D eigenvalue weighted by Crippen LogP contribution is 2.23. The zero-order valence-corrected chi connectivity index (χ0v) is 14.4. The summed E-state index contributed by atoms with van der Waals surface area (Å²) in [5, 5.41) is 9.13. The quantitative estimate of drug-likeness (QED) is 0.775. The Balaban J connectivity index is 1.35. The van der Waals surface area contributed by atoms with Crippen LogP contribution in [-0.4, -0.2) is 31.8 Å². The number of benzene rings is 2. The predicted molar refractivity (Wildman–Crippen MR) is 96.9 cm³/mol. The molecule has 5 heteroatoms. The average Bonchev–Trinajstić information content (AvgIpc) is 3.24. The van der Waals surface area contributed by atoms with Crippen LogP contribution < -0.4 is 0 Å². The topological polar surface area (TPSA) is 49.2 Å². The molecule has 1 N–H and O–H groups in total. The maximum Gasteiger partial charge on any atom is 0.105 e. The number of fused-ring (bicyclic) bond motifs is 1. The predicted octanol–water partition coefficient (Wildman–Crippen LogP) is 3.25. The van der Waals surface area contributed by atoms with Crippen LogP contribution in [0.5, 0.6) is 0 Å². The molecule has 3 aromatic rings. The minimum absolute atomic E-state index is 0.121. The van der Waals surface area contributed by atoms with Gasteiger partial charge in [0.25, 0.3) is 0 Å². The second-order valence-corrected chi connectivity index (χ2v) is 7.18. The molecule has 0 saturated carbocycles. The summed E-state index contributed by atoms with van der Waals surface area (Å²) in [6, 6.07) is 14.8. The molecule has 24 heavy (non-hydrogen) atoms. The second kappa shape index (κ2) is 6.97. The first-order valence-corrected chi connectivity index (χ1v) is 9.15. The van der Waals surface area contributed by atoms with E-state index in [0.29, 0.717) is 0 Å². The number of aliphatic hydroxyl groups is 1. The summed E-state index contributed by atoms with van der Waals surface area (Å²) >= 11 is 1.28. The zero-order chi connectivity index (χ0) is 16.4. The minimum Gasteiger partial charge on any atom is -0.392 e. The highest BCUT2D eigenvalue weighted by Gasteiger charge is 2.22. The molecule has 0 radical (unpaired) electrons. The first kappa shape index (κ1) is 15.7. The van der Waals surface area contributed by atoms with Crippen molar-refractivity contribution in [2.75, 3.05) is 13.1 Å². The standard InChI is InChI=1S/C19H21N3OS/c23-13-15-3-1-14(2-4-15)9-17-7-8-22(12-17)11-16-5-6-18-19(10-16)21-24-20-18/h1-6,10,17,23H,7-9,11-13H2. The molecular formula is C19H21N3OS. The Morgan fingerprint density at radius 2 is 1.75 bits per heavy atom. The van der Waals surface area contributed by atoms with E-state index in [0.717, 1.165) is 48.6 Å². The highest BCUT2D eigenvalue weighted by molar-refractivity contribution is 7.00. The smallest absolute Gasteiger partial charge is 0.105 e. The fourth-order valence-corrected chi connectivity index (χ4v) is 4.04. The summed E-state index contributed by atoms with van der Waals surface area (Å²) in [6.07, 6.45) is 2.37. The van der Waals surface area contributed by atoms with E-state index in [1.807, 2.05) is 12.1 Å². The number of hydrogen-bond acceptors (Lipinski definition) is 5. The summed E-state index contributed by atoms with van der Waals surface area (Å²) in [7, 11) is 0. The van der Waals surface area contributed by atoms with Gasteiger partial charge in [0.2, 0.25) is 0 Å². The van der Waals surface area contributed by atoms with E-state index in [2.05, 4.69) is 44.0 Å². The molecule has 1 atom stereocenters. The zero-order valence-electron chi connectivity index (χ0n) is 13.6. The third-order valence-electron chi connectivity index (χ3n) is 4.82. The van der Waals surface area contributed by atoms with Gasteiger partial charge in [-0.25, -0.2) is 0 Å². The summed E-state index contributed by atoms with van der Waals surface area (Å²) in [4.78, 5) is 2.54. The van der Waals surface area contributed by atoms with Crippen LogP contribution in [0.3, 0.4) is 0 Å². The van der Waals surface area contributed by atoms with Crippen molar-refractivity contribution in [1.29, 1.82) is 0 Å². The van der Waals surface area contributed by atoms with Gasteiger partial charge in [-0.15, -0.1) is 0 Å². The molecule has 1 saturated heterocycles. The van der Waals surface area contributed by atoms with Gasteiger partial charge in [-0.3, -0.25) is 4.90 Å². The van der Waals surface area contributed by atoms with Crippen molar-refractivity contribution in [3.05, 3.63) is 59.2 Å². The van der Waals surface area contributed by atoms with Crippen molar-refractivity contribution in [3.63, 3.8) is 0 Å². The fraction of sp³-hybridized carbons (Fsp3) is 0.368. The second-order valence-electron chi connectivity index (χ2n) is 6.66. The van der Waals surface area contributed by atoms with Gasteiger partial charge in [-0.1, -0.05) is 30.3 Å².